The number of rotatable bonds is 6. The van der Waals surface area contributed by atoms with Gasteiger partial charge in [0.1, 0.15) is 5.75 Å². The zero-order valence-corrected chi connectivity index (χ0v) is 17.0. The maximum absolute atomic E-state index is 12.3. The highest BCUT2D eigenvalue weighted by molar-refractivity contribution is 5.97. The van der Waals surface area contributed by atoms with Gasteiger partial charge in [-0.05, 0) is 51.1 Å². The first-order valence-electron chi connectivity index (χ1n) is 9.51. The number of carbonyl (C=O) groups is 2. The van der Waals surface area contributed by atoms with E-state index in [-0.39, 0.29) is 17.3 Å². The molecule has 3 rings (SSSR count). The first-order chi connectivity index (χ1) is 14.4. The highest BCUT2D eigenvalue weighted by atomic mass is 16.5. The second-order valence-corrected chi connectivity index (χ2v) is 6.62. The smallest absolute Gasteiger partial charge is 0.340 e. The third kappa shape index (κ3) is 4.25. The molecule has 2 aromatic carbocycles. The van der Waals surface area contributed by atoms with Gasteiger partial charge in [0.25, 0.3) is 5.91 Å². The fraction of sp³-hybridized carbons (Fsp3) is 0.174. The Kier molecular flexibility index (Phi) is 6.32. The molecule has 0 saturated carbocycles. The van der Waals surface area contributed by atoms with Crippen molar-refractivity contribution in [3.8, 4) is 11.4 Å². The number of amides is 1. The van der Waals surface area contributed by atoms with Crippen LogP contribution in [0.1, 0.15) is 44.6 Å². The van der Waals surface area contributed by atoms with Crippen LogP contribution in [0.4, 0.5) is 0 Å². The number of nitrogens with one attached hydrogen (secondary N) is 1. The lowest BCUT2D eigenvalue weighted by Gasteiger charge is -2.14. The molecule has 0 saturated heterocycles. The number of ether oxygens (including phenoxy) is 1. The quantitative estimate of drug-likeness (QED) is 0.371. The first kappa shape index (κ1) is 20.9. The summed E-state index contributed by atoms with van der Waals surface area (Å²) >= 11 is 0. The van der Waals surface area contributed by atoms with Crippen molar-refractivity contribution in [2.45, 2.75) is 20.8 Å². The lowest BCUT2D eigenvalue weighted by Crippen LogP contribution is -2.17. The molecule has 0 radical (unpaired) electrons. The lowest BCUT2D eigenvalue weighted by atomic mass is 10.1. The van der Waals surface area contributed by atoms with Crippen LogP contribution in [0.3, 0.4) is 0 Å². The van der Waals surface area contributed by atoms with Crippen LogP contribution < -0.4 is 5.43 Å². The van der Waals surface area contributed by atoms with Gasteiger partial charge in [-0.3, -0.25) is 4.79 Å². The van der Waals surface area contributed by atoms with Gasteiger partial charge in [-0.25, -0.2) is 10.2 Å². The summed E-state index contributed by atoms with van der Waals surface area (Å²) in [5.74, 6) is -1.00. The van der Waals surface area contributed by atoms with Gasteiger partial charge in [0, 0.05) is 17.0 Å². The van der Waals surface area contributed by atoms with E-state index >= 15 is 0 Å². The Balaban J connectivity index is 1.87. The summed E-state index contributed by atoms with van der Waals surface area (Å²) in [5.41, 5.74) is 6.27. The highest BCUT2D eigenvalue weighted by Gasteiger charge is 2.17. The fourth-order valence-electron chi connectivity index (χ4n) is 3.23. The number of carbonyl (C=O) groups excluding carboxylic acids is 2. The molecule has 7 heteroatoms. The molecule has 0 aliphatic heterocycles. The maximum Gasteiger partial charge on any atom is 0.340 e. The molecular weight excluding hydrogens is 382 g/mol. The minimum Gasteiger partial charge on any atom is -0.507 e. The number of aromatic nitrogens is 1. The van der Waals surface area contributed by atoms with Crippen molar-refractivity contribution in [3.63, 3.8) is 0 Å². The number of benzene rings is 2. The molecule has 0 spiro atoms. The molecule has 0 unspecified atom stereocenters. The van der Waals surface area contributed by atoms with Crippen LogP contribution in [0.25, 0.3) is 5.69 Å². The van der Waals surface area contributed by atoms with Crippen LogP contribution in [-0.2, 0) is 4.74 Å². The summed E-state index contributed by atoms with van der Waals surface area (Å²) in [6.07, 6.45) is 1.53. The number of hydrogen-bond donors (Lipinski definition) is 2. The summed E-state index contributed by atoms with van der Waals surface area (Å²) in [7, 11) is 0. The third-order valence-electron chi connectivity index (χ3n) is 4.63. The molecule has 7 nitrogen and oxygen atoms in total. The average molecular weight is 405 g/mol. The number of hydrazone groups is 1. The van der Waals surface area contributed by atoms with E-state index in [2.05, 4.69) is 10.5 Å². The van der Waals surface area contributed by atoms with Crippen molar-refractivity contribution in [1.29, 1.82) is 0 Å². The van der Waals surface area contributed by atoms with Crippen molar-refractivity contribution < 1.29 is 19.4 Å². The zero-order valence-electron chi connectivity index (χ0n) is 17.0. The summed E-state index contributed by atoms with van der Waals surface area (Å²) < 4.78 is 7.12. The topological polar surface area (TPSA) is 92.9 Å². The zero-order chi connectivity index (χ0) is 21.7. The Labute approximate surface area is 174 Å². The molecule has 0 aliphatic rings. The molecular formula is C23H23N3O4. The van der Waals surface area contributed by atoms with E-state index in [0.29, 0.717) is 17.9 Å². The SMILES string of the molecule is CCOC(=O)c1ccccc1-n1c(C)cc(/C=N\NC(=O)c2ccccc2O)c1C. The van der Waals surface area contributed by atoms with Gasteiger partial charge in [0.05, 0.1) is 29.6 Å². The van der Waals surface area contributed by atoms with Gasteiger partial charge in [0.15, 0.2) is 0 Å². The van der Waals surface area contributed by atoms with Gasteiger partial charge in [0.2, 0.25) is 0 Å². The number of aromatic hydroxyl groups is 1. The van der Waals surface area contributed by atoms with Gasteiger partial charge in [-0.2, -0.15) is 5.10 Å². The van der Waals surface area contributed by atoms with Crippen molar-refractivity contribution in [2.75, 3.05) is 6.61 Å². The minimum atomic E-state index is -0.509. The maximum atomic E-state index is 12.3. The predicted molar refractivity (Wildman–Crippen MR) is 114 cm³/mol. The van der Waals surface area contributed by atoms with E-state index in [4.69, 9.17) is 4.74 Å². The molecule has 3 aromatic rings. The number of hydrogen-bond acceptors (Lipinski definition) is 5. The van der Waals surface area contributed by atoms with E-state index in [9.17, 15) is 14.7 Å². The number of phenols is 1. The lowest BCUT2D eigenvalue weighted by molar-refractivity contribution is 0.0526. The van der Waals surface area contributed by atoms with Gasteiger partial charge >= 0.3 is 5.97 Å². The van der Waals surface area contributed by atoms with E-state index in [0.717, 1.165) is 17.0 Å². The van der Waals surface area contributed by atoms with Crippen LogP contribution in [0.2, 0.25) is 0 Å². The summed E-state index contributed by atoms with van der Waals surface area (Å²) in [4.78, 5) is 24.5. The van der Waals surface area contributed by atoms with Gasteiger partial charge < -0.3 is 14.4 Å². The standard InChI is InChI=1S/C23H23N3O4/c1-4-30-23(29)18-9-5-7-11-20(18)26-15(2)13-17(16(26)3)14-24-25-22(28)19-10-6-8-12-21(19)27/h5-14,27H,4H2,1-3H3,(H,25,28)/b24-14-. The highest BCUT2D eigenvalue weighted by Crippen LogP contribution is 2.23. The van der Waals surface area contributed by atoms with Crippen LogP contribution in [0.5, 0.6) is 5.75 Å². The number of aryl methyl sites for hydroxylation is 1. The molecule has 0 bridgehead atoms. The number of phenolic OH excluding ortho intramolecular Hbond substituents is 1. The number of esters is 1. The third-order valence-corrected chi connectivity index (χ3v) is 4.63. The molecule has 1 amide bonds. The summed E-state index contributed by atoms with van der Waals surface area (Å²) in [5, 5.41) is 13.8. The Hall–Kier alpha value is -3.87. The second-order valence-electron chi connectivity index (χ2n) is 6.62. The molecule has 1 aromatic heterocycles. The number of nitrogens with zero attached hydrogens (tertiary/aromatic N) is 2. The summed E-state index contributed by atoms with van der Waals surface area (Å²) in [6.45, 7) is 5.89. The van der Waals surface area contributed by atoms with Crippen LogP contribution in [0, 0.1) is 13.8 Å². The Morgan fingerprint density at radius 3 is 2.47 bits per heavy atom. The molecule has 1 heterocycles. The van der Waals surface area contributed by atoms with Crippen LogP contribution in [-0.4, -0.2) is 34.4 Å². The molecule has 154 valence electrons. The van der Waals surface area contributed by atoms with Crippen LogP contribution >= 0.6 is 0 Å². The Morgan fingerprint density at radius 1 is 1.10 bits per heavy atom. The first-order valence-corrected chi connectivity index (χ1v) is 9.51. The van der Waals surface area contributed by atoms with E-state index in [1.54, 1.807) is 31.2 Å². The van der Waals surface area contributed by atoms with Gasteiger partial charge in [-0.1, -0.05) is 24.3 Å². The average Bonchev–Trinajstić information content (AvgIpc) is 3.01. The van der Waals surface area contributed by atoms with E-state index in [1.807, 2.05) is 36.6 Å². The minimum absolute atomic E-state index is 0.112. The number of para-hydroxylation sites is 2. The fourth-order valence-corrected chi connectivity index (χ4v) is 3.23. The van der Waals surface area contributed by atoms with Crippen molar-refractivity contribution in [1.82, 2.24) is 9.99 Å². The summed E-state index contributed by atoms with van der Waals surface area (Å²) in [6, 6.07) is 15.4. The molecule has 0 atom stereocenters. The molecule has 2 N–H and O–H groups in total. The Bertz CT molecular complexity index is 1120. The molecule has 0 fully saturated rings. The van der Waals surface area contributed by atoms with E-state index < -0.39 is 5.91 Å². The largest absolute Gasteiger partial charge is 0.507 e. The molecule has 30 heavy (non-hydrogen) atoms. The van der Waals surface area contributed by atoms with Crippen molar-refractivity contribution in [3.05, 3.63) is 82.7 Å². The Morgan fingerprint density at radius 2 is 1.77 bits per heavy atom. The van der Waals surface area contributed by atoms with Crippen LogP contribution in [0.15, 0.2) is 59.7 Å². The van der Waals surface area contributed by atoms with Gasteiger partial charge in [-0.15, -0.1) is 0 Å². The normalized spacial score (nSPS) is 10.9. The monoisotopic (exact) mass is 405 g/mol. The predicted octanol–water partition coefficient (Wildman–Crippen LogP) is 3.74. The molecule has 0 aliphatic carbocycles. The second kappa shape index (κ2) is 9.09. The van der Waals surface area contributed by atoms with Crippen molar-refractivity contribution >= 4 is 18.1 Å². The van der Waals surface area contributed by atoms with E-state index in [1.165, 1.54) is 18.3 Å². The van der Waals surface area contributed by atoms with Crippen molar-refractivity contribution in [2.24, 2.45) is 5.10 Å².